The quantitative estimate of drug-likeness (QED) is 0.291. The van der Waals surface area contributed by atoms with E-state index in [9.17, 15) is 14.4 Å². The van der Waals surface area contributed by atoms with Gasteiger partial charge in [0, 0.05) is 30.1 Å². The van der Waals surface area contributed by atoms with E-state index in [2.05, 4.69) is 16.0 Å². The first kappa shape index (κ1) is 31.7. The molecule has 0 saturated heterocycles. The Morgan fingerprint density at radius 3 is 2.35 bits per heavy atom. The highest BCUT2D eigenvalue weighted by molar-refractivity contribution is 6.07. The number of ether oxygens (including phenoxy) is 1. The summed E-state index contributed by atoms with van der Waals surface area (Å²) in [5.74, 6) is -1.28. The number of fused-ring (bicyclic) bond motifs is 1. The van der Waals surface area contributed by atoms with Gasteiger partial charge in [-0.1, -0.05) is 85.0 Å². The van der Waals surface area contributed by atoms with E-state index in [1.54, 1.807) is 24.9 Å². The number of nitrogens with zero attached hydrogens (tertiary/aromatic N) is 1. The van der Waals surface area contributed by atoms with Gasteiger partial charge in [-0.2, -0.15) is 0 Å². The van der Waals surface area contributed by atoms with Gasteiger partial charge in [-0.05, 0) is 49.4 Å². The summed E-state index contributed by atoms with van der Waals surface area (Å²) in [6.07, 6.45) is 7.77. The molecule has 2 unspecified atom stereocenters. The van der Waals surface area contributed by atoms with Gasteiger partial charge in [-0.25, -0.2) is 0 Å². The summed E-state index contributed by atoms with van der Waals surface area (Å²) in [5.41, 5.74) is 1.98. The number of anilines is 2. The lowest BCUT2D eigenvalue weighted by Gasteiger charge is -2.40. The lowest BCUT2D eigenvalue weighted by atomic mass is 9.86. The van der Waals surface area contributed by atoms with Gasteiger partial charge >= 0.3 is 0 Å². The van der Waals surface area contributed by atoms with Crippen LogP contribution in [0.2, 0.25) is 0 Å². The molecule has 0 aromatic heterocycles. The Bertz CT molecular complexity index is 1480. The minimum Gasteiger partial charge on any atom is -0.347 e. The van der Waals surface area contributed by atoms with Gasteiger partial charge in [-0.3, -0.25) is 19.3 Å². The Labute approximate surface area is 258 Å². The number of carbonyl (C=O) groups is 3. The summed E-state index contributed by atoms with van der Waals surface area (Å²) in [4.78, 5) is 42.5. The molecule has 1 heterocycles. The topological polar surface area (TPSA) is 99.8 Å². The fraction of sp³-hybridized carbons (Fsp3) is 0.265. The molecule has 43 heavy (non-hydrogen) atoms. The van der Waals surface area contributed by atoms with Crippen LogP contribution in [0.1, 0.15) is 24.5 Å². The smallest absolute Gasteiger partial charge is 0.247 e. The molecule has 0 radical (unpaired) electrons. The first-order valence-electron chi connectivity index (χ1n) is 14.2. The Hall–Kier alpha value is -4.24. The minimum atomic E-state index is -1.27. The summed E-state index contributed by atoms with van der Waals surface area (Å²) in [5, 5.41) is 9.00. The highest BCUT2D eigenvalue weighted by Gasteiger charge is 2.44. The molecule has 5 rings (SSSR count). The highest BCUT2D eigenvalue weighted by atomic mass is 35.5. The molecule has 0 bridgehead atoms. The number of amides is 3. The van der Waals surface area contributed by atoms with Crippen LogP contribution in [0.3, 0.4) is 0 Å². The van der Waals surface area contributed by atoms with Crippen LogP contribution in [0.15, 0.2) is 109 Å². The number of hydrogen-bond donors (Lipinski definition) is 3. The second-order valence-electron chi connectivity index (χ2n) is 10.6. The Balaban J connectivity index is 0.00000423. The molecule has 3 aromatic carbocycles. The van der Waals surface area contributed by atoms with Crippen LogP contribution >= 0.6 is 12.4 Å². The SMILES string of the molecule is CNC(C)C(=O)NC1(OCc2ccccc2)C=CC=C[C@@H]1CC(=O)N1c2ccccc2C[C@H]1C(=O)Nc1ccccc1.Cl. The Morgan fingerprint density at radius 1 is 0.953 bits per heavy atom. The molecule has 0 spiro atoms. The van der Waals surface area contributed by atoms with Crippen molar-refractivity contribution in [1.82, 2.24) is 10.6 Å². The van der Waals surface area contributed by atoms with Crippen LogP contribution in [-0.2, 0) is 32.1 Å². The molecule has 3 amide bonds. The van der Waals surface area contributed by atoms with Crippen LogP contribution in [0.5, 0.6) is 0 Å². The zero-order chi connectivity index (χ0) is 29.5. The fourth-order valence-electron chi connectivity index (χ4n) is 5.36. The van der Waals surface area contributed by atoms with Crippen LogP contribution in [0.4, 0.5) is 11.4 Å². The number of para-hydroxylation sites is 2. The maximum atomic E-state index is 14.2. The lowest BCUT2D eigenvalue weighted by Crippen LogP contribution is -2.59. The molecule has 3 aromatic rings. The summed E-state index contributed by atoms with van der Waals surface area (Å²) in [6, 6.07) is 25.3. The molecular weight excluding hydrogens is 564 g/mol. The molecule has 1 aliphatic carbocycles. The van der Waals surface area contributed by atoms with Gasteiger partial charge in [0.15, 0.2) is 5.72 Å². The van der Waals surface area contributed by atoms with Crippen LogP contribution in [-0.4, -0.2) is 42.6 Å². The van der Waals surface area contributed by atoms with Crippen molar-refractivity contribution in [2.75, 3.05) is 17.3 Å². The Kier molecular flexibility index (Phi) is 10.5. The maximum absolute atomic E-state index is 14.2. The number of benzene rings is 3. The normalized spacial score (nSPS) is 20.9. The molecule has 0 saturated carbocycles. The summed E-state index contributed by atoms with van der Waals surface area (Å²) in [7, 11) is 1.71. The molecule has 224 valence electrons. The molecule has 1 aliphatic heterocycles. The van der Waals surface area contributed by atoms with Gasteiger partial charge in [0.05, 0.1) is 12.6 Å². The van der Waals surface area contributed by atoms with Crippen molar-refractivity contribution < 1.29 is 19.1 Å². The third-order valence-corrected chi connectivity index (χ3v) is 7.80. The standard InChI is InChI=1S/C34H36N4O4.ClH/c1-24(35-2)32(40)37-34(42-23-25-13-5-3-6-14-25)20-12-11-16-27(34)22-31(39)38-29-19-10-9-15-26(29)21-30(38)33(41)36-28-17-7-4-8-18-28;/h3-20,24,27,30,35H,21-23H2,1-2H3,(H,36,41)(H,37,40);1H/t24?,27-,30+,34?;/m1./s1. The minimum absolute atomic E-state index is 0. The van der Waals surface area contributed by atoms with Crippen molar-refractivity contribution >= 4 is 41.5 Å². The Morgan fingerprint density at radius 2 is 1.63 bits per heavy atom. The first-order chi connectivity index (χ1) is 20.4. The van der Waals surface area contributed by atoms with E-state index in [-0.39, 0.29) is 43.2 Å². The van der Waals surface area contributed by atoms with Gasteiger partial charge in [-0.15, -0.1) is 12.4 Å². The molecule has 3 N–H and O–H groups in total. The van der Waals surface area contributed by atoms with E-state index < -0.39 is 23.7 Å². The predicted molar refractivity (Wildman–Crippen MR) is 171 cm³/mol. The number of allylic oxidation sites excluding steroid dienone is 2. The number of nitrogens with one attached hydrogen (secondary N) is 3. The second-order valence-corrected chi connectivity index (χ2v) is 10.6. The number of likely N-dealkylation sites (N-methyl/N-ethyl adjacent to an activating group) is 1. The molecular formula is C34H37ClN4O4. The van der Waals surface area contributed by atoms with Crippen LogP contribution < -0.4 is 20.9 Å². The van der Waals surface area contributed by atoms with Crippen molar-refractivity contribution in [2.24, 2.45) is 5.92 Å². The fourth-order valence-corrected chi connectivity index (χ4v) is 5.36. The number of halogens is 1. The molecule has 8 nitrogen and oxygen atoms in total. The van der Waals surface area contributed by atoms with Gasteiger partial charge in [0.25, 0.3) is 0 Å². The van der Waals surface area contributed by atoms with Crippen molar-refractivity contribution in [3.05, 3.63) is 120 Å². The average molecular weight is 601 g/mol. The third kappa shape index (κ3) is 7.22. The third-order valence-electron chi connectivity index (χ3n) is 7.80. The summed E-state index contributed by atoms with van der Waals surface area (Å²) < 4.78 is 6.47. The van der Waals surface area contributed by atoms with Crippen LogP contribution in [0, 0.1) is 5.92 Å². The van der Waals surface area contributed by atoms with Crippen molar-refractivity contribution in [3.63, 3.8) is 0 Å². The van der Waals surface area contributed by atoms with E-state index in [1.807, 2.05) is 103 Å². The number of carbonyl (C=O) groups excluding carboxylic acids is 3. The zero-order valence-corrected chi connectivity index (χ0v) is 25.1. The summed E-state index contributed by atoms with van der Waals surface area (Å²) >= 11 is 0. The molecule has 4 atom stereocenters. The lowest BCUT2D eigenvalue weighted by molar-refractivity contribution is -0.139. The van der Waals surface area contributed by atoms with E-state index in [4.69, 9.17) is 4.74 Å². The highest BCUT2D eigenvalue weighted by Crippen LogP contribution is 2.36. The van der Waals surface area contributed by atoms with E-state index in [1.165, 1.54) is 0 Å². The van der Waals surface area contributed by atoms with E-state index in [0.717, 1.165) is 16.8 Å². The predicted octanol–water partition coefficient (Wildman–Crippen LogP) is 4.77. The van der Waals surface area contributed by atoms with Gasteiger partial charge in [0.2, 0.25) is 17.7 Å². The molecule has 9 heteroatoms. The zero-order valence-electron chi connectivity index (χ0n) is 24.2. The molecule has 2 aliphatic rings. The summed E-state index contributed by atoms with van der Waals surface area (Å²) in [6.45, 7) is 1.99. The van der Waals surface area contributed by atoms with Gasteiger partial charge in [0.1, 0.15) is 6.04 Å². The first-order valence-corrected chi connectivity index (χ1v) is 14.2. The second kappa shape index (κ2) is 14.3. The monoisotopic (exact) mass is 600 g/mol. The van der Waals surface area contributed by atoms with Crippen LogP contribution in [0.25, 0.3) is 0 Å². The van der Waals surface area contributed by atoms with Crippen molar-refractivity contribution in [1.29, 1.82) is 0 Å². The number of hydrogen-bond acceptors (Lipinski definition) is 5. The van der Waals surface area contributed by atoms with Gasteiger partial charge < -0.3 is 20.7 Å². The average Bonchev–Trinajstić information content (AvgIpc) is 3.42. The van der Waals surface area contributed by atoms with Crippen molar-refractivity contribution in [2.45, 2.75) is 44.2 Å². The van der Waals surface area contributed by atoms with Crippen molar-refractivity contribution in [3.8, 4) is 0 Å². The van der Waals surface area contributed by atoms with E-state index >= 15 is 0 Å². The largest absolute Gasteiger partial charge is 0.347 e. The maximum Gasteiger partial charge on any atom is 0.247 e. The molecule has 0 fully saturated rings. The number of rotatable bonds is 10. The van der Waals surface area contributed by atoms with E-state index in [0.29, 0.717) is 12.1 Å².